The van der Waals surface area contributed by atoms with E-state index in [9.17, 15) is 9.18 Å². The zero-order valence-corrected chi connectivity index (χ0v) is 13.2. The van der Waals surface area contributed by atoms with Crippen LogP contribution in [0.3, 0.4) is 0 Å². The van der Waals surface area contributed by atoms with Gasteiger partial charge < -0.3 is 15.8 Å². The second-order valence-corrected chi connectivity index (χ2v) is 5.54. The van der Waals surface area contributed by atoms with Crippen molar-refractivity contribution in [1.82, 2.24) is 5.32 Å². The number of nitrogens with one attached hydrogen (secondary N) is 1. The van der Waals surface area contributed by atoms with Crippen molar-refractivity contribution >= 4 is 34.2 Å². The van der Waals surface area contributed by atoms with Gasteiger partial charge in [0.15, 0.2) is 0 Å². The molecule has 0 saturated carbocycles. The van der Waals surface area contributed by atoms with E-state index in [-0.39, 0.29) is 30.7 Å². The average Bonchev–Trinajstić information content (AvgIpc) is 2.40. The first-order valence-electron chi connectivity index (χ1n) is 6.10. The highest BCUT2D eigenvalue weighted by Crippen LogP contribution is 2.20. The van der Waals surface area contributed by atoms with Gasteiger partial charge in [0.25, 0.3) is 0 Å². The zero-order valence-electron chi connectivity index (χ0n) is 10.8. The predicted octanol–water partition coefficient (Wildman–Crippen LogP) is 2.13. The summed E-state index contributed by atoms with van der Waals surface area (Å²) in [6.45, 7) is 1.23. The van der Waals surface area contributed by atoms with Crippen LogP contribution in [0.1, 0.15) is 18.4 Å². The molecule has 1 saturated heterocycles. The lowest BCUT2D eigenvalue weighted by atomic mass is 9.90. The number of ether oxygens (including phenoxy) is 1. The topological polar surface area (TPSA) is 64.4 Å². The molecule has 3 N–H and O–H groups in total. The third-order valence-electron chi connectivity index (χ3n) is 3.28. The standard InChI is InChI=1S/C13H16BrFN2O2.ClH/c14-11-2-1-10(15)7-9(11)8-17-12(18)13(16)3-5-19-6-4-13;/h1-2,7H,3-6,8,16H2,(H,17,18);1H. The van der Waals surface area contributed by atoms with Crippen molar-refractivity contribution in [3.8, 4) is 0 Å². The number of rotatable bonds is 3. The maximum absolute atomic E-state index is 13.1. The van der Waals surface area contributed by atoms with Crippen molar-refractivity contribution in [2.75, 3.05) is 13.2 Å². The fraction of sp³-hybridized carbons (Fsp3) is 0.462. The van der Waals surface area contributed by atoms with Gasteiger partial charge in [-0.05, 0) is 36.6 Å². The molecule has 1 aromatic carbocycles. The monoisotopic (exact) mass is 366 g/mol. The Labute approximate surface area is 131 Å². The molecule has 1 fully saturated rings. The lowest BCUT2D eigenvalue weighted by Gasteiger charge is -2.31. The molecule has 0 radical (unpaired) electrons. The van der Waals surface area contributed by atoms with Crippen molar-refractivity contribution in [2.24, 2.45) is 5.73 Å². The fourth-order valence-corrected chi connectivity index (χ4v) is 2.38. The normalized spacial score (nSPS) is 17.1. The van der Waals surface area contributed by atoms with Gasteiger partial charge in [0, 0.05) is 24.2 Å². The molecule has 1 aliphatic rings. The number of carbonyl (C=O) groups is 1. The first-order valence-corrected chi connectivity index (χ1v) is 6.89. The molecule has 20 heavy (non-hydrogen) atoms. The Morgan fingerprint density at radius 3 is 2.75 bits per heavy atom. The lowest BCUT2D eigenvalue weighted by molar-refractivity contribution is -0.129. The Bertz CT molecular complexity index is 481. The van der Waals surface area contributed by atoms with Gasteiger partial charge in [0.1, 0.15) is 5.82 Å². The maximum Gasteiger partial charge on any atom is 0.240 e. The van der Waals surface area contributed by atoms with E-state index in [1.165, 1.54) is 12.1 Å². The van der Waals surface area contributed by atoms with E-state index < -0.39 is 5.54 Å². The molecule has 0 aliphatic carbocycles. The molecule has 1 heterocycles. The minimum atomic E-state index is -0.877. The third-order valence-corrected chi connectivity index (χ3v) is 4.06. The van der Waals surface area contributed by atoms with Crippen LogP contribution in [0.15, 0.2) is 22.7 Å². The molecule has 7 heteroatoms. The van der Waals surface area contributed by atoms with Crippen LogP contribution >= 0.6 is 28.3 Å². The summed E-state index contributed by atoms with van der Waals surface area (Å²) in [5.41, 5.74) is 5.86. The summed E-state index contributed by atoms with van der Waals surface area (Å²) in [4.78, 5) is 12.1. The largest absolute Gasteiger partial charge is 0.381 e. The Morgan fingerprint density at radius 1 is 1.45 bits per heavy atom. The zero-order chi connectivity index (χ0) is 13.9. The Balaban J connectivity index is 0.00000200. The van der Waals surface area contributed by atoms with Crippen LogP contribution in [-0.4, -0.2) is 24.7 Å². The van der Waals surface area contributed by atoms with Gasteiger partial charge in [-0.2, -0.15) is 0 Å². The van der Waals surface area contributed by atoms with Crippen molar-refractivity contribution < 1.29 is 13.9 Å². The summed E-state index contributed by atoms with van der Waals surface area (Å²) in [6, 6.07) is 4.36. The van der Waals surface area contributed by atoms with Gasteiger partial charge in [-0.15, -0.1) is 12.4 Å². The molecule has 0 atom stereocenters. The van der Waals surface area contributed by atoms with Gasteiger partial charge in [-0.25, -0.2) is 4.39 Å². The number of benzene rings is 1. The van der Waals surface area contributed by atoms with Crippen molar-refractivity contribution in [3.05, 3.63) is 34.1 Å². The quantitative estimate of drug-likeness (QED) is 0.860. The number of hydrogen-bond acceptors (Lipinski definition) is 3. The summed E-state index contributed by atoms with van der Waals surface area (Å²) in [5, 5.41) is 2.76. The van der Waals surface area contributed by atoms with Crippen LogP contribution in [0.2, 0.25) is 0 Å². The molecule has 0 bridgehead atoms. The number of hydrogen-bond donors (Lipinski definition) is 2. The predicted molar refractivity (Wildman–Crippen MR) is 80.2 cm³/mol. The van der Waals surface area contributed by atoms with Crippen LogP contribution in [0, 0.1) is 5.82 Å². The van der Waals surface area contributed by atoms with E-state index in [0.29, 0.717) is 31.6 Å². The molecule has 1 aliphatic heterocycles. The molecule has 2 rings (SSSR count). The summed E-state index contributed by atoms with van der Waals surface area (Å²) in [6.07, 6.45) is 1.01. The van der Waals surface area contributed by atoms with Crippen LogP contribution in [0.5, 0.6) is 0 Å². The minimum absolute atomic E-state index is 0. The van der Waals surface area contributed by atoms with E-state index in [4.69, 9.17) is 10.5 Å². The van der Waals surface area contributed by atoms with Gasteiger partial charge in [0.2, 0.25) is 5.91 Å². The van der Waals surface area contributed by atoms with Gasteiger partial charge in [-0.1, -0.05) is 15.9 Å². The van der Waals surface area contributed by atoms with Gasteiger partial charge in [-0.3, -0.25) is 4.79 Å². The second kappa shape index (κ2) is 7.36. The van der Waals surface area contributed by atoms with E-state index in [1.54, 1.807) is 6.07 Å². The molecule has 1 aromatic rings. The van der Waals surface area contributed by atoms with E-state index >= 15 is 0 Å². The summed E-state index contributed by atoms with van der Waals surface area (Å²) >= 11 is 3.32. The first-order chi connectivity index (χ1) is 9.01. The number of amides is 1. The first kappa shape index (κ1) is 17.4. The SMILES string of the molecule is Cl.NC1(C(=O)NCc2cc(F)ccc2Br)CCOCC1. The number of nitrogens with two attached hydrogens (primary N) is 1. The minimum Gasteiger partial charge on any atom is -0.381 e. The highest BCUT2D eigenvalue weighted by atomic mass is 79.9. The molecule has 112 valence electrons. The third kappa shape index (κ3) is 4.15. The smallest absolute Gasteiger partial charge is 0.240 e. The highest BCUT2D eigenvalue weighted by Gasteiger charge is 2.35. The summed E-state index contributed by atoms with van der Waals surface area (Å²) in [7, 11) is 0. The van der Waals surface area contributed by atoms with Gasteiger partial charge >= 0.3 is 0 Å². The average molecular weight is 368 g/mol. The maximum atomic E-state index is 13.1. The van der Waals surface area contributed by atoms with Gasteiger partial charge in [0.05, 0.1) is 5.54 Å². The van der Waals surface area contributed by atoms with Crippen LogP contribution in [0.4, 0.5) is 4.39 Å². The van der Waals surface area contributed by atoms with Crippen molar-refractivity contribution in [2.45, 2.75) is 24.9 Å². The Kier molecular flexibility index (Phi) is 6.39. The summed E-state index contributed by atoms with van der Waals surface area (Å²) in [5.74, 6) is -0.548. The second-order valence-electron chi connectivity index (χ2n) is 4.69. The molecule has 0 aromatic heterocycles. The van der Waals surface area contributed by atoms with E-state index in [0.717, 1.165) is 4.47 Å². The molecule has 0 spiro atoms. The van der Waals surface area contributed by atoms with E-state index in [2.05, 4.69) is 21.2 Å². The van der Waals surface area contributed by atoms with Crippen LogP contribution in [-0.2, 0) is 16.1 Å². The Hall–Kier alpha value is -0.690. The molecular weight excluding hydrogens is 351 g/mol. The summed E-state index contributed by atoms with van der Waals surface area (Å²) < 4.78 is 19.1. The van der Waals surface area contributed by atoms with Crippen molar-refractivity contribution in [3.63, 3.8) is 0 Å². The fourth-order valence-electron chi connectivity index (χ4n) is 1.99. The molecule has 0 unspecified atom stereocenters. The highest BCUT2D eigenvalue weighted by molar-refractivity contribution is 9.10. The Morgan fingerprint density at radius 2 is 2.10 bits per heavy atom. The number of halogens is 3. The number of carbonyl (C=O) groups excluding carboxylic acids is 1. The van der Waals surface area contributed by atoms with Crippen LogP contribution < -0.4 is 11.1 Å². The molecule has 1 amide bonds. The lowest BCUT2D eigenvalue weighted by Crippen LogP contribution is -2.56. The molecular formula is C13H17BrClFN2O2. The molecule has 4 nitrogen and oxygen atoms in total. The van der Waals surface area contributed by atoms with Crippen molar-refractivity contribution in [1.29, 1.82) is 0 Å². The van der Waals surface area contributed by atoms with Crippen LogP contribution in [0.25, 0.3) is 0 Å². The van der Waals surface area contributed by atoms with E-state index in [1.807, 2.05) is 0 Å².